The molecule has 0 bridgehead atoms. The Balaban J connectivity index is 1.64. The molecule has 0 aromatic carbocycles. The minimum absolute atomic E-state index is 0.112. The van der Waals surface area contributed by atoms with Crippen molar-refractivity contribution in [1.82, 2.24) is 18.8 Å². The Bertz CT molecular complexity index is 1140. The van der Waals surface area contributed by atoms with Crippen LogP contribution < -0.4 is 10.9 Å². The number of nitrogens with zero attached hydrogens (tertiary/aromatic N) is 4. The van der Waals surface area contributed by atoms with Gasteiger partial charge in [-0.15, -0.1) is 0 Å². The summed E-state index contributed by atoms with van der Waals surface area (Å²) in [6.45, 7) is 0.411. The van der Waals surface area contributed by atoms with Crippen LogP contribution in [0.3, 0.4) is 0 Å². The number of aliphatic hydroxyl groups excluding tert-OH is 1. The van der Waals surface area contributed by atoms with Crippen molar-refractivity contribution in [2.45, 2.75) is 56.4 Å². The van der Waals surface area contributed by atoms with E-state index >= 15 is 0 Å². The summed E-state index contributed by atoms with van der Waals surface area (Å²) in [6.07, 6.45) is 1.80. The molecule has 0 spiro atoms. The van der Waals surface area contributed by atoms with Gasteiger partial charge in [0.2, 0.25) is 16.0 Å². The average molecular weight is 441 g/mol. The molecule has 11 heteroatoms. The second kappa shape index (κ2) is 8.20. The maximum Gasteiger partial charge on any atom is 0.252 e. The number of rotatable bonds is 4. The van der Waals surface area contributed by atoms with E-state index in [1.165, 1.54) is 21.1 Å². The number of halogens is 1. The lowest BCUT2D eigenvalue weighted by Gasteiger charge is -2.32. The van der Waals surface area contributed by atoms with Gasteiger partial charge in [-0.3, -0.25) is 9.36 Å². The third-order valence-corrected chi connectivity index (χ3v) is 7.09. The summed E-state index contributed by atoms with van der Waals surface area (Å²) in [5, 5.41) is 13.5. The molecule has 0 unspecified atom stereocenters. The Morgan fingerprint density at radius 3 is 2.70 bits per heavy atom. The van der Waals surface area contributed by atoms with Gasteiger partial charge in [0.1, 0.15) is 11.8 Å². The molecule has 164 valence electrons. The zero-order valence-corrected chi connectivity index (χ0v) is 17.5. The van der Waals surface area contributed by atoms with Crippen LogP contribution in [0.25, 0.3) is 11.0 Å². The molecule has 2 aromatic rings. The van der Waals surface area contributed by atoms with Crippen LogP contribution in [0.5, 0.6) is 0 Å². The maximum atomic E-state index is 14.7. The summed E-state index contributed by atoms with van der Waals surface area (Å²) >= 11 is 0. The molecular weight excluding hydrogens is 413 g/mol. The first-order chi connectivity index (χ1) is 14.6. The van der Waals surface area contributed by atoms with Crippen molar-refractivity contribution in [2.75, 3.05) is 24.7 Å². The molecule has 2 aliphatic rings. The van der Waals surface area contributed by atoms with Crippen LogP contribution >= 0.6 is 0 Å². The quantitative estimate of drug-likeness (QED) is 0.730. The normalized spacial score (nSPS) is 28.2. The van der Waals surface area contributed by atoms with Gasteiger partial charge in [-0.05, 0) is 38.2 Å². The van der Waals surface area contributed by atoms with E-state index in [9.17, 15) is 22.7 Å². The van der Waals surface area contributed by atoms with Gasteiger partial charge in [0.05, 0.1) is 19.8 Å². The van der Waals surface area contributed by atoms with Gasteiger partial charge in [0, 0.05) is 36.8 Å². The molecule has 2 aromatic heterocycles. The van der Waals surface area contributed by atoms with E-state index in [-0.39, 0.29) is 50.4 Å². The standard InChI is InChI=1S/C19H26FN5O4S/c1-30(28,29)24-8-6-13(7-9-24)22-19-21-11-12-2-5-17(27)25(18(12)23-19)16-10-14(26)3-4-15(16)20/h2,5,11,13-16,26H,3-4,6-10H2,1H3,(H,21,22,23)/t14-,15+,16+/m1/s1/i13D. The molecule has 1 aliphatic carbocycles. The van der Waals surface area contributed by atoms with E-state index in [4.69, 9.17) is 1.37 Å². The number of sulfonamides is 1. The number of alkyl halides is 1. The predicted molar refractivity (Wildman–Crippen MR) is 111 cm³/mol. The van der Waals surface area contributed by atoms with Crippen LogP contribution in [-0.4, -0.2) is 70.0 Å². The lowest BCUT2D eigenvalue weighted by Crippen LogP contribution is -2.42. The van der Waals surface area contributed by atoms with Crippen molar-refractivity contribution >= 4 is 27.0 Å². The fourth-order valence-corrected chi connectivity index (χ4v) is 4.99. The SMILES string of the molecule is [2H]C1(Nc2ncc3ccc(=O)n([C@H]4C[C@H](O)CC[C@@H]4F)c3n2)CCN(S(C)(=O)=O)CC1. The van der Waals surface area contributed by atoms with Crippen molar-refractivity contribution in [3.8, 4) is 0 Å². The van der Waals surface area contributed by atoms with Crippen LogP contribution in [0.15, 0.2) is 23.1 Å². The fraction of sp³-hybridized carbons (Fsp3) is 0.632. The molecule has 1 aliphatic heterocycles. The number of nitrogens with one attached hydrogen (secondary N) is 1. The number of aliphatic hydroxyl groups is 1. The molecular formula is C19H26FN5O4S. The fourth-order valence-electron chi connectivity index (χ4n) is 4.15. The van der Waals surface area contributed by atoms with Crippen molar-refractivity contribution in [3.63, 3.8) is 0 Å². The Labute approximate surface area is 175 Å². The Morgan fingerprint density at radius 1 is 1.27 bits per heavy atom. The monoisotopic (exact) mass is 440 g/mol. The van der Waals surface area contributed by atoms with Gasteiger partial charge in [0.25, 0.3) is 5.56 Å². The first kappa shape index (κ1) is 19.8. The smallest absolute Gasteiger partial charge is 0.252 e. The molecule has 4 rings (SSSR count). The lowest BCUT2D eigenvalue weighted by atomic mass is 9.91. The summed E-state index contributed by atoms with van der Waals surface area (Å²) < 4.78 is 49.3. The van der Waals surface area contributed by atoms with Crippen molar-refractivity contribution in [1.29, 1.82) is 0 Å². The molecule has 0 radical (unpaired) electrons. The summed E-state index contributed by atoms with van der Waals surface area (Å²) in [4.78, 5) is 21.3. The molecule has 1 saturated carbocycles. The Hall–Kier alpha value is -2.11. The number of anilines is 1. The first-order valence-electron chi connectivity index (χ1n) is 10.5. The topological polar surface area (TPSA) is 117 Å². The number of hydrogen-bond donors (Lipinski definition) is 2. The number of fused-ring (bicyclic) bond motifs is 1. The molecule has 1 saturated heterocycles. The number of piperidine rings is 1. The van der Waals surface area contributed by atoms with E-state index < -0.39 is 39.9 Å². The van der Waals surface area contributed by atoms with Gasteiger partial charge in [-0.2, -0.15) is 4.98 Å². The second-order valence-corrected chi connectivity index (χ2v) is 9.94. The molecule has 30 heavy (non-hydrogen) atoms. The highest BCUT2D eigenvalue weighted by Gasteiger charge is 2.33. The third kappa shape index (κ3) is 4.33. The predicted octanol–water partition coefficient (Wildman–Crippen LogP) is 1.05. The summed E-state index contributed by atoms with van der Waals surface area (Å²) in [6, 6.07) is 0.897. The van der Waals surface area contributed by atoms with Crippen LogP contribution in [0.4, 0.5) is 10.3 Å². The third-order valence-electron chi connectivity index (χ3n) is 5.79. The zero-order chi connectivity index (χ0) is 22.4. The molecule has 2 fully saturated rings. The molecule has 3 atom stereocenters. The Morgan fingerprint density at radius 2 is 2.00 bits per heavy atom. The van der Waals surface area contributed by atoms with Crippen molar-refractivity contribution < 1.29 is 19.3 Å². The lowest BCUT2D eigenvalue weighted by molar-refractivity contribution is 0.0555. The van der Waals surface area contributed by atoms with Crippen LogP contribution in [0.1, 0.15) is 39.5 Å². The maximum absolute atomic E-state index is 14.7. The summed E-state index contributed by atoms with van der Waals surface area (Å²) in [5.41, 5.74) is -0.176. The van der Waals surface area contributed by atoms with Crippen LogP contribution in [0.2, 0.25) is 0 Å². The number of hydrogen-bond acceptors (Lipinski definition) is 7. The highest BCUT2D eigenvalue weighted by atomic mass is 32.2. The summed E-state index contributed by atoms with van der Waals surface area (Å²) in [5.74, 6) is 0.112. The van der Waals surface area contributed by atoms with Crippen molar-refractivity contribution in [2.24, 2.45) is 0 Å². The summed E-state index contributed by atoms with van der Waals surface area (Å²) in [7, 11) is -3.31. The second-order valence-electron chi connectivity index (χ2n) is 7.95. The van der Waals surface area contributed by atoms with Gasteiger partial charge in [0.15, 0.2) is 0 Å². The van der Waals surface area contributed by atoms with Gasteiger partial charge >= 0.3 is 0 Å². The van der Waals surface area contributed by atoms with E-state index in [1.807, 2.05) is 0 Å². The minimum Gasteiger partial charge on any atom is -0.393 e. The first-order valence-corrected chi connectivity index (χ1v) is 11.8. The molecule has 9 nitrogen and oxygen atoms in total. The van der Waals surface area contributed by atoms with E-state index in [0.717, 1.165) is 6.26 Å². The van der Waals surface area contributed by atoms with Gasteiger partial charge < -0.3 is 10.4 Å². The average Bonchev–Trinajstić information content (AvgIpc) is 2.69. The van der Waals surface area contributed by atoms with E-state index in [2.05, 4.69) is 15.3 Å². The number of pyridine rings is 1. The van der Waals surface area contributed by atoms with Gasteiger partial charge in [-0.1, -0.05) is 0 Å². The van der Waals surface area contributed by atoms with E-state index in [0.29, 0.717) is 11.8 Å². The van der Waals surface area contributed by atoms with Crippen molar-refractivity contribution in [3.05, 3.63) is 28.7 Å². The van der Waals surface area contributed by atoms with E-state index in [1.54, 1.807) is 6.07 Å². The number of aromatic nitrogens is 3. The minimum atomic E-state index is -3.31. The molecule has 2 N–H and O–H groups in total. The Kier molecular flexibility index (Phi) is 5.42. The largest absolute Gasteiger partial charge is 0.393 e. The highest BCUT2D eigenvalue weighted by molar-refractivity contribution is 7.88. The van der Waals surface area contributed by atoms with Gasteiger partial charge in [-0.25, -0.2) is 22.1 Å². The molecule has 3 heterocycles. The molecule has 0 amide bonds. The highest BCUT2D eigenvalue weighted by Crippen LogP contribution is 2.32. The van der Waals surface area contributed by atoms with Crippen LogP contribution in [0, 0.1) is 0 Å². The zero-order valence-electron chi connectivity index (χ0n) is 17.7. The van der Waals surface area contributed by atoms with Crippen LogP contribution in [-0.2, 0) is 10.0 Å².